The van der Waals surface area contributed by atoms with Gasteiger partial charge in [0.15, 0.2) is 11.4 Å². The van der Waals surface area contributed by atoms with Gasteiger partial charge in [0, 0.05) is 6.20 Å². The van der Waals surface area contributed by atoms with E-state index in [0.717, 1.165) is 0 Å². The second-order valence-electron chi connectivity index (χ2n) is 5.20. The number of pyridine rings is 1. The molecule has 0 aliphatic carbocycles. The number of carboxylic acid groups (broad SMARTS) is 1. The molecule has 2 aromatic heterocycles. The predicted octanol–water partition coefficient (Wildman–Crippen LogP) is 2.02. The van der Waals surface area contributed by atoms with Crippen molar-refractivity contribution in [3.05, 3.63) is 29.7 Å². The molecule has 0 aliphatic rings. The van der Waals surface area contributed by atoms with Crippen LogP contribution in [0.15, 0.2) is 18.3 Å². The van der Waals surface area contributed by atoms with Crippen molar-refractivity contribution >= 4 is 17.5 Å². The van der Waals surface area contributed by atoms with E-state index in [4.69, 9.17) is 4.74 Å². The number of carboxylic acids is 1. The van der Waals surface area contributed by atoms with E-state index in [0.29, 0.717) is 42.2 Å². The van der Waals surface area contributed by atoms with E-state index in [-0.39, 0.29) is 0 Å². The van der Waals surface area contributed by atoms with Crippen molar-refractivity contribution in [1.82, 2.24) is 14.7 Å². The number of nitrogens with zero attached hydrogens (tertiary/aromatic N) is 2. The Morgan fingerprint density at radius 2 is 2.17 bits per heavy atom. The number of hydrogen-bond acceptors (Lipinski definition) is 4. The van der Waals surface area contributed by atoms with Crippen molar-refractivity contribution in [2.24, 2.45) is 0 Å². The van der Waals surface area contributed by atoms with Crippen LogP contribution in [-0.2, 0) is 4.79 Å². The molecular formula is C16H21N3O4. The van der Waals surface area contributed by atoms with Gasteiger partial charge in [-0.15, -0.1) is 0 Å². The lowest BCUT2D eigenvalue weighted by Crippen LogP contribution is -2.41. The number of nitrogens with one attached hydrogen (secondary N) is 1. The highest BCUT2D eigenvalue weighted by molar-refractivity contribution is 5.97. The van der Waals surface area contributed by atoms with Gasteiger partial charge in [0.1, 0.15) is 11.7 Å². The van der Waals surface area contributed by atoms with E-state index in [1.807, 2.05) is 13.8 Å². The first kappa shape index (κ1) is 16.8. The molecule has 1 unspecified atom stereocenters. The van der Waals surface area contributed by atoms with E-state index in [1.165, 1.54) is 0 Å². The van der Waals surface area contributed by atoms with Crippen molar-refractivity contribution in [1.29, 1.82) is 0 Å². The summed E-state index contributed by atoms with van der Waals surface area (Å²) >= 11 is 0. The highest BCUT2D eigenvalue weighted by atomic mass is 16.5. The second-order valence-corrected chi connectivity index (χ2v) is 5.20. The normalized spacial score (nSPS) is 12.1. The van der Waals surface area contributed by atoms with Crippen LogP contribution in [0.3, 0.4) is 0 Å². The third kappa shape index (κ3) is 3.44. The number of aliphatic carboxylic acids is 1. The van der Waals surface area contributed by atoms with Crippen LogP contribution in [0.2, 0.25) is 0 Å². The number of carbonyl (C=O) groups excluding carboxylic acids is 1. The Balaban J connectivity index is 2.39. The monoisotopic (exact) mass is 319 g/mol. The molecule has 0 aromatic carbocycles. The molecular weight excluding hydrogens is 298 g/mol. The average Bonchev–Trinajstić information content (AvgIpc) is 2.84. The maximum Gasteiger partial charge on any atom is 0.326 e. The molecule has 0 spiro atoms. The molecule has 124 valence electrons. The molecule has 23 heavy (non-hydrogen) atoms. The summed E-state index contributed by atoms with van der Waals surface area (Å²) in [5.74, 6) is -0.910. The minimum atomic E-state index is -1.04. The molecule has 1 amide bonds. The van der Waals surface area contributed by atoms with Crippen molar-refractivity contribution in [3.63, 3.8) is 0 Å². The third-order valence-corrected chi connectivity index (χ3v) is 3.48. The van der Waals surface area contributed by atoms with E-state index < -0.39 is 17.9 Å². The zero-order valence-electron chi connectivity index (χ0n) is 13.5. The average molecular weight is 319 g/mol. The molecule has 0 fully saturated rings. The van der Waals surface area contributed by atoms with Crippen LogP contribution in [-0.4, -0.2) is 39.0 Å². The van der Waals surface area contributed by atoms with E-state index in [1.54, 1.807) is 29.7 Å². The second kappa shape index (κ2) is 7.13. The highest BCUT2D eigenvalue weighted by Crippen LogP contribution is 2.22. The number of amides is 1. The number of imidazole rings is 1. The van der Waals surface area contributed by atoms with Gasteiger partial charge >= 0.3 is 5.97 Å². The van der Waals surface area contributed by atoms with Gasteiger partial charge in [-0.05, 0) is 32.4 Å². The zero-order valence-corrected chi connectivity index (χ0v) is 13.5. The number of aromatic nitrogens is 2. The number of aryl methyl sites for hydroxylation is 1. The fraction of sp³-hybridized carbons (Fsp3) is 0.438. The lowest BCUT2D eigenvalue weighted by atomic mass is 10.1. The van der Waals surface area contributed by atoms with Crippen LogP contribution in [0.4, 0.5) is 0 Å². The van der Waals surface area contributed by atoms with Gasteiger partial charge in [-0.25, -0.2) is 9.78 Å². The first-order valence-electron chi connectivity index (χ1n) is 7.63. The molecule has 7 nitrogen and oxygen atoms in total. The Morgan fingerprint density at radius 3 is 2.78 bits per heavy atom. The van der Waals surface area contributed by atoms with Gasteiger partial charge in [0.05, 0.1) is 12.3 Å². The molecule has 0 bridgehead atoms. The number of ether oxygens (including phenoxy) is 1. The number of fused-ring (bicyclic) bond motifs is 1. The summed E-state index contributed by atoms with van der Waals surface area (Å²) in [4.78, 5) is 28.1. The summed E-state index contributed by atoms with van der Waals surface area (Å²) < 4.78 is 7.14. The van der Waals surface area contributed by atoms with Crippen molar-refractivity contribution in [2.45, 2.75) is 39.7 Å². The largest absolute Gasteiger partial charge is 0.490 e. The molecule has 0 saturated heterocycles. The topological polar surface area (TPSA) is 92.9 Å². The molecule has 2 rings (SSSR count). The molecule has 0 saturated carbocycles. The zero-order chi connectivity index (χ0) is 17.0. The number of carbonyl (C=O) groups is 2. The minimum Gasteiger partial charge on any atom is -0.490 e. The SMILES string of the molecule is CCCC(NC(=O)c1c(C)nc2c(OCC)cccn12)C(=O)O. The lowest BCUT2D eigenvalue weighted by Gasteiger charge is -2.13. The quantitative estimate of drug-likeness (QED) is 0.814. The summed E-state index contributed by atoms with van der Waals surface area (Å²) in [7, 11) is 0. The number of rotatable bonds is 7. The summed E-state index contributed by atoms with van der Waals surface area (Å²) in [5.41, 5.74) is 1.39. The van der Waals surface area contributed by atoms with E-state index in [2.05, 4.69) is 10.3 Å². The van der Waals surface area contributed by atoms with Crippen LogP contribution < -0.4 is 10.1 Å². The molecule has 1 atom stereocenters. The first-order chi connectivity index (χ1) is 11.0. The Bertz CT molecular complexity index is 723. The minimum absolute atomic E-state index is 0.323. The summed E-state index contributed by atoms with van der Waals surface area (Å²) in [6.07, 6.45) is 2.75. The Morgan fingerprint density at radius 1 is 1.43 bits per heavy atom. The van der Waals surface area contributed by atoms with Crippen LogP contribution in [0, 0.1) is 6.92 Å². The standard InChI is InChI=1S/C16H21N3O4/c1-4-7-11(16(21)22)18-15(20)13-10(3)17-14-12(23-5-2)8-6-9-19(13)14/h6,8-9,11H,4-5,7H2,1-3H3,(H,18,20)(H,21,22). The highest BCUT2D eigenvalue weighted by Gasteiger charge is 2.24. The van der Waals surface area contributed by atoms with Gasteiger partial charge in [0.25, 0.3) is 5.91 Å². The van der Waals surface area contributed by atoms with Gasteiger partial charge in [-0.1, -0.05) is 13.3 Å². The van der Waals surface area contributed by atoms with Crippen molar-refractivity contribution in [2.75, 3.05) is 6.61 Å². The van der Waals surface area contributed by atoms with Crippen LogP contribution >= 0.6 is 0 Å². The van der Waals surface area contributed by atoms with Gasteiger partial charge in [-0.2, -0.15) is 0 Å². The predicted molar refractivity (Wildman–Crippen MR) is 84.9 cm³/mol. The van der Waals surface area contributed by atoms with Crippen molar-refractivity contribution in [3.8, 4) is 5.75 Å². The van der Waals surface area contributed by atoms with Crippen LogP contribution in [0.5, 0.6) is 5.75 Å². The molecule has 7 heteroatoms. The summed E-state index contributed by atoms with van der Waals surface area (Å²) in [5, 5.41) is 11.8. The van der Waals surface area contributed by atoms with E-state index >= 15 is 0 Å². The molecule has 2 aromatic rings. The Labute approximate surface area is 134 Å². The van der Waals surface area contributed by atoms with Crippen molar-refractivity contribution < 1.29 is 19.4 Å². The Hall–Kier alpha value is -2.57. The maximum atomic E-state index is 12.5. The van der Waals surface area contributed by atoms with Crippen LogP contribution in [0.1, 0.15) is 42.9 Å². The van der Waals surface area contributed by atoms with Gasteiger partial charge < -0.3 is 15.2 Å². The third-order valence-electron chi connectivity index (χ3n) is 3.48. The molecule has 2 N–H and O–H groups in total. The smallest absolute Gasteiger partial charge is 0.326 e. The molecule has 2 heterocycles. The lowest BCUT2D eigenvalue weighted by molar-refractivity contribution is -0.139. The van der Waals surface area contributed by atoms with Gasteiger partial charge in [-0.3, -0.25) is 9.20 Å². The first-order valence-corrected chi connectivity index (χ1v) is 7.63. The molecule has 0 radical (unpaired) electrons. The number of hydrogen-bond donors (Lipinski definition) is 2. The van der Waals surface area contributed by atoms with E-state index in [9.17, 15) is 14.7 Å². The fourth-order valence-corrected chi connectivity index (χ4v) is 2.47. The molecule has 0 aliphatic heterocycles. The summed E-state index contributed by atoms with van der Waals surface area (Å²) in [6.45, 7) is 5.95. The van der Waals surface area contributed by atoms with Gasteiger partial charge in [0.2, 0.25) is 0 Å². The van der Waals surface area contributed by atoms with Crippen LogP contribution in [0.25, 0.3) is 5.65 Å². The Kier molecular flexibility index (Phi) is 5.20. The fourth-order valence-electron chi connectivity index (χ4n) is 2.47. The summed E-state index contributed by atoms with van der Waals surface area (Å²) in [6, 6.07) is 2.63. The maximum absolute atomic E-state index is 12.5.